The van der Waals surface area contributed by atoms with E-state index < -0.39 is 5.97 Å². The maximum absolute atomic E-state index is 12.1. The van der Waals surface area contributed by atoms with E-state index in [-0.39, 0.29) is 11.3 Å². The van der Waals surface area contributed by atoms with Gasteiger partial charge in [0.15, 0.2) is 5.78 Å². The molecule has 0 bridgehead atoms. The quantitative estimate of drug-likeness (QED) is 0.140. The largest absolute Gasteiger partial charge is 0.478 e. The maximum Gasteiger partial charge on any atom is 0.335 e. The Morgan fingerprint density at radius 1 is 0.611 bits per heavy atom. The summed E-state index contributed by atoms with van der Waals surface area (Å²) >= 11 is 1.64. The number of ketones is 1. The third kappa shape index (κ3) is 18.7. The van der Waals surface area contributed by atoms with E-state index in [9.17, 15) is 9.59 Å². The second-order valence-corrected chi connectivity index (χ2v) is 8.56. The molecule has 206 valence electrons. The fraction of sp³-hybridized carbons (Fsp3) is 0.680. The van der Waals surface area contributed by atoms with E-state index in [0.717, 1.165) is 5.75 Å². The molecule has 0 fully saturated rings. The Kier molecular flexibility index (Phi) is 21.5. The van der Waals surface area contributed by atoms with Crippen LogP contribution in [0.3, 0.4) is 0 Å². The van der Waals surface area contributed by atoms with Gasteiger partial charge in [-0.2, -0.15) is 11.8 Å². The predicted octanol–water partition coefficient (Wildman–Crippen LogP) is 2.44. The molecule has 11 heteroatoms. The van der Waals surface area contributed by atoms with Gasteiger partial charge in [-0.15, -0.1) is 0 Å². The van der Waals surface area contributed by atoms with Crippen molar-refractivity contribution in [2.24, 2.45) is 0 Å². The Morgan fingerprint density at radius 3 is 1.42 bits per heavy atom. The zero-order chi connectivity index (χ0) is 26.1. The number of carboxylic acids is 1. The molecule has 0 aromatic heterocycles. The molecule has 0 heterocycles. The smallest absolute Gasteiger partial charge is 0.335 e. The number of carbonyl (C=O) groups is 2. The van der Waals surface area contributed by atoms with Crippen LogP contribution in [0.2, 0.25) is 0 Å². The van der Waals surface area contributed by atoms with Crippen LogP contribution in [-0.2, 0) is 33.2 Å². The van der Waals surface area contributed by atoms with E-state index in [0.29, 0.717) is 104 Å². The van der Waals surface area contributed by atoms with Gasteiger partial charge < -0.3 is 38.3 Å². The number of aromatic carboxylic acids is 1. The molecule has 0 spiro atoms. The first kappa shape index (κ1) is 32.5. The fourth-order valence-corrected chi connectivity index (χ4v) is 3.44. The molecular formula is C25H40O10S. The van der Waals surface area contributed by atoms with Crippen molar-refractivity contribution in [3.05, 3.63) is 35.4 Å². The van der Waals surface area contributed by atoms with Crippen LogP contribution in [-0.4, -0.2) is 121 Å². The Morgan fingerprint density at radius 2 is 1.00 bits per heavy atom. The van der Waals surface area contributed by atoms with Gasteiger partial charge in [-0.25, -0.2) is 4.79 Å². The van der Waals surface area contributed by atoms with E-state index in [1.807, 2.05) is 0 Å². The van der Waals surface area contributed by atoms with Crippen LogP contribution in [0.1, 0.15) is 27.1 Å². The van der Waals surface area contributed by atoms with Crippen LogP contribution in [0, 0.1) is 0 Å². The number of carbonyl (C=O) groups excluding carboxylic acids is 1. The van der Waals surface area contributed by atoms with Gasteiger partial charge in [0, 0.05) is 30.6 Å². The highest BCUT2D eigenvalue weighted by molar-refractivity contribution is 7.99. The normalized spacial score (nSPS) is 11.1. The number of hydrogen-bond donors (Lipinski definition) is 1. The molecular weight excluding hydrogens is 492 g/mol. The van der Waals surface area contributed by atoms with Crippen molar-refractivity contribution in [3.8, 4) is 0 Å². The Hall–Kier alpha value is -1.57. The second-order valence-electron chi connectivity index (χ2n) is 7.34. The Labute approximate surface area is 217 Å². The zero-order valence-corrected chi connectivity index (χ0v) is 22.0. The molecule has 0 amide bonds. The van der Waals surface area contributed by atoms with Gasteiger partial charge in [0.1, 0.15) is 0 Å². The topological polar surface area (TPSA) is 119 Å². The van der Waals surface area contributed by atoms with Gasteiger partial charge in [-0.3, -0.25) is 4.79 Å². The van der Waals surface area contributed by atoms with Crippen molar-refractivity contribution in [2.75, 3.05) is 105 Å². The summed E-state index contributed by atoms with van der Waals surface area (Å²) < 4.78 is 37.3. The number of rotatable bonds is 26. The van der Waals surface area contributed by atoms with Gasteiger partial charge >= 0.3 is 5.97 Å². The minimum absolute atomic E-state index is 0.00661. The summed E-state index contributed by atoms with van der Waals surface area (Å²) in [5.41, 5.74) is 0.709. The second kappa shape index (κ2) is 23.8. The molecule has 36 heavy (non-hydrogen) atoms. The first-order chi connectivity index (χ1) is 17.6. The molecule has 10 nitrogen and oxygen atoms in total. The summed E-state index contributed by atoms with van der Waals surface area (Å²) in [4.78, 5) is 22.9. The van der Waals surface area contributed by atoms with Crippen LogP contribution in [0.25, 0.3) is 0 Å². The summed E-state index contributed by atoms with van der Waals surface area (Å²) in [5, 5.41) is 8.89. The lowest BCUT2D eigenvalue weighted by atomic mass is 10.1. The molecule has 0 aliphatic carbocycles. The summed E-state index contributed by atoms with van der Waals surface area (Å²) in [6.07, 6.45) is 0.407. The van der Waals surface area contributed by atoms with Crippen molar-refractivity contribution in [3.63, 3.8) is 0 Å². The van der Waals surface area contributed by atoms with Crippen LogP contribution in [0.15, 0.2) is 24.3 Å². The summed E-state index contributed by atoms with van der Waals surface area (Å²) in [5.74, 6) is 0.491. The van der Waals surface area contributed by atoms with E-state index in [2.05, 4.69) is 0 Å². The molecule has 0 atom stereocenters. The van der Waals surface area contributed by atoms with Crippen LogP contribution >= 0.6 is 11.8 Å². The van der Waals surface area contributed by atoms with Crippen molar-refractivity contribution in [2.45, 2.75) is 6.42 Å². The molecule has 1 aromatic rings. The van der Waals surface area contributed by atoms with Crippen molar-refractivity contribution < 1.29 is 47.9 Å². The summed E-state index contributed by atoms with van der Waals surface area (Å²) in [7, 11) is 1.64. The molecule has 0 aliphatic rings. The maximum atomic E-state index is 12.1. The number of Topliss-reactive ketones (excluding diaryl/α,β-unsaturated/α-hetero) is 1. The lowest BCUT2D eigenvalue weighted by Crippen LogP contribution is -2.14. The summed E-state index contributed by atoms with van der Waals surface area (Å²) in [6, 6.07) is 6.01. The van der Waals surface area contributed by atoms with Gasteiger partial charge in [0.25, 0.3) is 0 Å². The average Bonchev–Trinajstić information content (AvgIpc) is 2.89. The highest BCUT2D eigenvalue weighted by Crippen LogP contribution is 2.10. The molecule has 0 aliphatic heterocycles. The van der Waals surface area contributed by atoms with E-state index in [1.165, 1.54) is 12.1 Å². The van der Waals surface area contributed by atoms with Gasteiger partial charge in [-0.1, -0.05) is 12.1 Å². The van der Waals surface area contributed by atoms with Gasteiger partial charge in [0.05, 0.1) is 91.5 Å². The molecule has 1 aromatic carbocycles. The summed E-state index contributed by atoms with van der Waals surface area (Å²) in [6.45, 7) is 6.92. The highest BCUT2D eigenvalue weighted by atomic mass is 32.2. The van der Waals surface area contributed by atoms with E-state index >= 15 is 0 Å². The van der Waals surface area contributed by atoms with Gasteiger partial charge in [-0.05, 0) is 12.1 Å². The SMILES string of the molecule is COCCOCCOCCOCCOCCOCCOCCSCCC(=O)c1ccc(C(=O)O)cc1. The average molecular weight is 533 g/mol. The first-order valence-corrected chi connectivity index (χ1v) is 13.2. The predicted molar refractivity (Wildman–Crippen MR) is 136 cm³/mol. The minimum atomic E-state index is -1.00. The Balaban J connectivity index is 1.76. The molecule has 0 unspecified atom stereocenters. The Bertz CT molecular complexity index is 671. The van der Waals surface area contributed by atoms with Gasteiger partial charge in [0.2, 0.25) is 0 Å². The lowest BCUT2D eigenvalue weighted by Gasteiger charge is -2.08. The standard InChI is InChI=1S/C25H40O10S/c1-29-7-8-30-9-10-31-11-12-32-13-14-33-15-16-34-17-18-35-19-21-36-20-6-24(26)22-2-4-23(5-3-22)25(27)28/h2-5H,6-21H2,1H3,(H,27,28). The van der Waals surface area contributed by atoms with E-state index in [1.54, 1.807) is 31.0 Å². The van der Waals surface area contributed by atoms with Crippen LogP contribution in [0.5, 0.6) is 0 Å². The van der Waals surface area contributed by atoms with Crippen molar-refractivity contribution in [1.29, 1.82) is 0 Å². The lowest BCUT2D eigenvalue weighted by molar-refractivity contribution is -0.0186. The molecule has 1 N–H and O–H groups in total. The van der Waals surface area contributed by atoms with Crippen molar-refractivity contribution in [1.82, 2.24) is 0 Å². The number of methoxy groups -OCH3 is 1. The zero-order valence-electron chi connectivity index (χ0n) is 21.2. The monoisotopic (exact) mass is 532 g/mol. The van der Waals surface area contributed by atoms with E-state index in [4.69, 9.17) is 38.3 Å². The number of ether oxygens (including phenoxy) is 7. The van der Waals surface area contributed by atoms with Crippen LogP contribution < -0.4 is 0 Å². The molecule has 0 radical (unpaired) electrons. The number of carboxylic acid groups (broad SMARTS) is 1. The molecule has 1 rings (SSSR count). The molecule has 0 saturated heterocycles. The van der Waals surface area contributed by atoms with Crippen LogP contribution in [0.4, 0.5) is 0 Å². The number of thioether (sulfide) groups is 1. The first-order valence-electron chi connectivity index (χ1n) is 12.0. The molecule has 0 saturated carbocycles. The highest BCUT2D eigenvalue weighted by Gasteiger charge is 2.08. The number of hydrogen-bond acceptors (Lipinski definition) is 10. The number of benzene rings is 1. The fourth-order valence-electron chi connectivity index (χ4n) is 2.67. The third-order valence-corrected chi connectivity index (χ3v) is 5.54. The third-order valence-electron chi connectivity index (χ3n) is 4.59. The van der Waals surface area contributed by atoms with Crippen molar-refractivity contribution >= 4 is 23.5 Å². The minimum Gasteiger partial charge on any atom is -0.478 e.